The molecule has 3 rings (SSSR count). The summed E-state index contributed by atoms with van der Waals surface area (Å²) in [6, 6.07) is 16.1. The molecule has 0 aliphatic carbocycles. The van der Waals surface area contributed by atoms with E-state index in [1.54, 1.807) is 7.11 Å². The topological polar surface area (TPSA) is 79.9 Å². The Balaban J connectivity index is 1.54. The number of nitrogens with one attached hydrogen (secondary N) is 2. The van der Waals surface area contributed by atoms with Gasteiger partial charge in [-0.05, 0) is 42.3 Å². The molecule has 7 nitrogen and oxygen atoms in total. The number of methoxy groups -OCH3 is 2. The standard InChI is InChI=1S/C25H33N3O4/c1-28-15-22(20-8-4-19(5-9-20)14-27-24(29)17-31-2)23(16-28)25(30)26-13-12-18-6-10-21(32-3)11-7-18/h4-11,22-23H,12-17H2,1-3H3,(H,26,30)(H,27,29)/t22-,23-/m0/s1. The molecular weight excluding hydrogens is 406 g/mol. The first kappa shape index (κ1) is 23.8. The van der Waals surface area contributed by atoms with Crippen molar-refractivity contribution in [1.82, 2.24) is 15.5 Å². The molecule has 1 saturated heterocycles. The number of rotatable bonds is 10. The number of likely N-dealkylation sites (N-methyl/N-ethyl adjacent to an activating group) is 1. The average molecular weight is 440 g/mol. The van der Waals surface area contributed by atoms with Gasteiger partial charge in [0.15, 0.2) is 0 Å². The van der Waals surface area contributed by atoms with Gasteiger partial charge in [-0.1, -0.05) is 36.4 Å². The highest BCUT2D eigenvalue weighted by molar-refractivity contribution is 5.80. The van der Waals surface area contributed by atoms with Gasteiger partial charge in [-0.25, -0.2) is 0 Å². The summed E-state index contributed by atoms with van der Waals surface area (Å²) in [5, 5.41) is 5.94. The lowest BCUT2D eigenvalue weighted by Crippen LogP contribution is -2.35. The lowest BCUT2D eigenvalue weighted by Gasteiger charge is -2.19. The molecule has 2 aromatic rings. The first-order chi connectivity index (χ1) is 15.5. The number of carbonyl (C=O) groups excluding carboxylic acids is 2. The molecule has 1 aliphatic heterocycles. The molecule has 1 fully saturated rings. The minimum Gasteiger partial charge on any atom is -0.497 e. The Morgan fingerprint density at radius 3 is 2.31 bits per heavy atom. The minimum absolute atomic E-state index is 0.0573. The number of amides is 2. The molecule has 0 spiro atoms. The molecule has 0 saturated carbocycles. The SMILES string of the molecule is COCC(=O)NCc1ccc([C@@H]2CN(C)C[C@@H]2C(=O)NCCc2ccc(OC)cc2)cc1. The zero-order valence-electron chi connectivity index (χ0n) is 19.1. The van der Waals surface area contributed by atoms with Crippen LogP contribution >= 0.6 is 0 Å². The van der Waals surface area contributed by atoms with Gasteiger partial charge in [0, 0.05) is 39.2 Å². The Labute approximate surface area is 190 Å². The second-order valence-electron chi connectivity index (χ2n) is 8.27. The minimum atomic E-state index is -0.139. The largest absolute Gasteiger partial charge is 0.497 e. The fourth-order valence-corrected chi connectivity index (χ4v) is 4.12. The van der Waals surface area contributed by atoms with Crippen LogP contribution < -0.4 is 15.4 Å². The van der Waals surface area contributed by atoms with Crippen LogP contribution in [0.3, 0.4) is 0 Å². The van der Waals surface area contributed by atoms with E-state index in [0.717, 1.165) is 36.4 Å². The molecule has 0 bridgehead atoms. The molecule has 32 heavy (non-hydrogen) atoms. The van der Waals surface area contributed by atoms with Crippen molar-refractivity contribution < 1.29 is 19.1 Å². The van der Waals surface area contributed by atoms with Gasteiger partial charge in [0.2, 0.25) is 11.8 Å². The van der Waals surface area contributed by atoms with Gasteiger partial charge < -0.3 is 25.0 Å². The molecule has 1 heterocycles. The summed E-state index contributed by atoms with van der Waals surface area (Å²) < 4.78 is 10.0. The highest BCUT2D eigenvalue weighted by Gasteiger charge is 2.36. The van der Waals surface area contributed by atoms with E-state index in [9.17, 15) is 9.59 Å². The van der Waals surface area contributed by atoms with Gasteiger partial charge in [-0.15, -0.1) is 0 Å². The van der Waals surface area contributed by atoms with Gasteiger partial charge in [-0.2, -0.15) is 0 Å². The predicted molar refractivity (Wildman–Crippen MR) is 124 cm³/mol. The monoisotopic (exact) mass is 439 g/mol. The van der Waals surface area contributed by atoms with E-state index in [1.807, 2.05) is 36.4 Å². The van der Waals surface area contributed by atoms with E-state index in [4.69, 9.17) is 9.47 Å². The maximum Gasteiger partial charge on any atom is 0.246 e. The Kier molecular flexibility index (Phi) is 8.64. The quantitative estimate of drug-likeness (QED) is 0.592. The smallest absolute Gasteiger partial charge is 0.246 e. The summed E-state index contributed by atoms with van der Waals surface area (Å²) in [5.41, 5.74) is 3.33. The highest BCUT2D eigenvalue weighted by atomic mass is 16.5. The molecule has 2 atom stereocenters. The first-order valence-corrected chi connectivity index (χ1v) is 10.9. The van der Waals surface area contributed by atoms with Crippen molar-refractivity contribution in [2.45, 2.75) is 18.9 Å². The van der Waals surface area contributed by atoms with Crippen LogP contribution in [0.15, 0.2) is 48.5 Å². The Morgan fingerprint density at radius 1 is 0.969 bits per heavy atom. The molecule has 1 aliphatic rings. The summed E-state index contributed by atoms with van der Waals surface area (Å²) in [7, 11) is 5.20. The molecule has 7 heteroatoms. The van der Waals surface area contributed by atoms with Crippen LogP contribution in [0.2, 0.25) is 0 Å². The number of nitrogens with zero attached hydrogens (tertiary/aromatic N) is 1. The van der Waals surface area contributed by atoms with E-state index in [-0.39, 0.29) is 30.3 Å². The predicted octanol–water partition coefficient (Wildman–Crippen LogP) is 1.96. The number of hydrogen-bond acceptors (Lipinski definition) is 5. The Morgan fingerprint density at radius 2 is 1.66 bits per heavy atom. The number of carbonyl (C=O) groups is 2. The molecule has 0 aromatic heterocycles. The maximum absolute atomic E-state index is 13.0. The zero-order chi connectivity index (χ0) is 22.9. The summed E-state index contributed by atoms with van der Waals surface area (Å²) in [5.74, 6) is 0.864. The Bertz CT molecular complexity index is 883. The number of hydrogen-bond donors (Lipinski definition) is 2. The third-order valence-corrected chi connectivity index (χ3v) is 5.88. The lowest BCUT2D eigenvalue weighted by atomic mass is 9.88. The van der Waals surface area contributed by atoms with Gasteiger partial charge in [0.25, 0.3) is 0 Å². The number of likely N-dealkylation sites (tertiary alicyclic amines) is 1. The summed E-state index contributed by atoms with van der Waals surface area (Å²) in [6.07, 6.45) is 0.784. The Hall–Kier alpha value is -2.90. The van der Waals surface area contributed by atoms with E-state index in [0.29, 0.717) is 13.1 Å². The van der Waals surface area contributed by atoms with Gasteiger partial charge in [-0.3, -0.25) is 9.59 Å². The van der Waals surface area contributed by atoms with Crippen molar-refractivity contribution in [3.8, 4) is 5.75 Å². The van der Waals surface area contributed by atoms with Crippen LogP contribution in [0.5, 0.6) is 5.75 Å². The summed E-state index contributed by atoms with van der Waals surface area (Å²) >= 11 is 0. The van der Waals surface area contributed by atoms with Crippen LogP contribution in [0.25, 0.3) is 0 Å². The number of benzene rings is 2. The third-order valence-electron chi connectivity index (χ3n) is 5.88. The molecule has 2 amide bonds. The second kappa shape index (κ2) is 11.6. The van der Waals surface area contributed by atoms with Gasteiger partial charge in [0.1, 0.15) is 12.4 Å². The van der Waals surface area contributed by atoms with Crippen LogP contribution in [0.1, 0.15) is 22.6 Å². The zero-order valence-corrected chi connectivity index (χ0v) is 19.1. The van der Waals surface area contributed by atoms with E-state index in [2.05, 4.69) is 34.7 Å². The lowest BCUT2D eigenvalue weighted by molar-refractivity contribution is -0.125. The van der Waals surface area contributed by atoms with Crippen molar-refractivity contribution in [1.29, 1.82) is 0 Å². The van der Waals surface area contributed by atoms with Crippen molar-refractivity contribution in [3.05, 3.63) is 65.2 Å². The summed E-state index contributed by atoms with van der Waals surface area (Å²) in [6.45, 7) is 2.72. The maximum atomic E-state index is 13.0. The molecule has 2 N–H and O–H groups in total. The van der Waals surface area contributed by atoms with Crippen molar-refractivity contribution in [3.63, 3.8) is 0 Å². The second-order valence-corrected chi connectivity index (χ2v) is 8.27. The van der Waals surface area contributed by atoms with Crippen molar-refractivity contribution >= 4 is 11.8 Å². The molecule has 0 radical (unpaired) electrons. The van der Waals surface area contributed by atoms with Crippen LogP contribution in [0, 0.1) is 5.92 Å². The van der Waals surface area contributed by atoms with Crippen LogP contribution in [0.4, 0.5) is 0 Å². The van der Waals surface area contributed by atoms with Crippen molar-refractivity contribution in [2.75, 3.05) is 47.5 Å². The van der Waals surface area contributed by atoms with Crippen LogP contribution in [-0.4, -0.2) is 64.2 Å². The van der Waals surface area contributed by atoms with E-state index < -0.39 is 0 Å². The van der Waals surface area contributed by atoms with E-state index >= 15 is 0 Å². The fraction of sp³-hybridized carbons (Fsp3) is 0.440. The molecule has 2 aromatic carbocycles. The average Bonchev–Trinajstić information content (AvgIpc) is 3.20. The summed E-state index contributed by atoms with van der Waals surface area (Å²) in [4.78, 5) is 26.7. The fourth-order valence-electron chi connectivity index (χ4n) is 4.12. The van der Waals surface area contributed by atoms with Gasteiger partial charge in [0.05, 0.1) is 13.0 Å². The van der Waals surface area contributed by atoms with E-state index in [1.165, 1.54) is 12.7 Å². The molecule has 0 unspecified atom stereocenters. The van der Waals surface area contributed by atoms with Crippen LogP contribution in [-0.2, 0) is 27.3 Å². The highest BCUT2D eigenvalue weighted by Crippen LogP contribution is 2.32. The molecule has 172 valence electrons. The van der Waals surface area contributed by atoms with Gasteiger partial charge >= 0.3 is 0 Å². The third kappa shape index (κ3) is 6.55. The van der Waals surface area contributed by atoms with Crippen molar-refractivity contribution in [2.24, 2.45) is 5.92 Å². The normalized spacial score (nSPS) is 18.3. The number of ether oxygens (including phenoxy) is 2. The molecular formula is C25H33N3O4. The first-order valence-electron chi connectivity index (χ1n) is 10.9.